The molecule has 1 unspecified atom stereocenters. The van der Waals surface area contributed by atoms with Gasteiger partial charge in [0.2, 0.25) is 0 Å². The van der Waals surface area contributed by atoms with E-state index in [9.17, 15) is 0 Å². The molecule has 0 saturated heterocycles. The molecule has 1 aliphatic carbocycles. The molecule has 0 amide bonds. The summed E-state index contributed by atoms with van der Waals surface area (Å²) >= 11 is 0. The quantitative estimate of drug-likeness (QED) is 0.696. The highest BCUT2D eigenvalue weighted by molar-refractivity contribution is 4.80. The Kier molecular flexibility index (Phi) is 6.32. The summed E-state index contributed by atoms with van der Waals surface area (Å²) in [7, 11) is 0. The molecular weight excluding hydrogens is 200 g/mol. The number of nitrogens with zero attached hydrogens (tertiary/aromatic N) is 1. The summed E-state index contributed by atoms with van der Waals surface area (Å²) in [5, 5.41) is 9.05. The lowest BCUT2D eigenvalue weighted by Crippen LogP contribution is -2.44. The normalized spacial score (nSPS) is 19.9. The van der Waals surface area contributed by atoms with Crippen molar-refractivity contribution in [2.45, 2.75) is 58.0 Å². The van der Waals surface area contributed by atoms with E-state index in [-0.39, 0.29) is 12.6 Å². The van der Waals surface area contributed by atoms with Crippen molar-refractivity contribution in [2.24, 2.45) is 11.7 Å². The third kappa shape index (κ3) is 4.81. The van der Waals surface area contributed by atoms with Crippen LogP contribution in [0.4, 0.5) is 0 Å². The topological polar surface area (TPSA) is 49.5 Å². The van der Waals surface area contributed by atoms with Crippen molar-refractivity contribution in [1.29, 1.82) is 0 Å². The standard InChI is InChI=1S/C13H28N2O/c1-11(2)7-8-15(9-12(14)10-16)13-5-3-4-6-13/h11-13,16H,3-10,14H2,1-2H3. The lowest BCUT2D eigenvalue weighted by Gasteiger charge is -2.31. The zero-order valence-corrected chi connectivity index (χ0v) is 10.9. The highest BCUT2D eigenvalue weighted by atomic mass is 16.3. The largest absolute Gasteiger partial charge is 0.395 e. The fraction of sp³-hybridized carbons (Fsp3) is 1.00. The monoisotopic (exact) mass is 228 g/mol. The Hall–Kier alpha value is -0.120. The SMILES string of the molecule is CC(C)CCN(CC(N)CO)C1CCCC1. The first kappa shape index (κ1) is 13.9. The molecule has 0 aliphatic heterocycles. The van der Waals surface area contributed by atoms with E-state index in [0.717, 1.165) is 25.0 Å². The van der Waals surface area contributed by atoms with Crippen LogP contribution in [0.1, 0.15) is 46.0 Å². The molecule has 0 heterocycles. The van der Waals surface area contributed by atoms with Gasteiger partial charge in [-0.05, 0) is 31.7 Å². The summed E-state index contributed by atoms with van der Waals surface area (Å²) in [6, 6.07) is 0.643. The van der Waals surface area contributed by atoms with E-state index >= 15 is 0 Å². The van der Waals surface area contributed by atoms with E-state index in [1.165, 1.54) is 32.1 Å². The van der Waals surface area contributed by atoms with Gasteiger partial charge in [0.05, 0.1) is 6.61 Å². The molecule has 0 radical (unpaired) electrons. The van der Waals surface area contributed by atoms with Gasteiger partial charge in [0.1, 0.15) is 0 Å². The molecule has 1 rings (SSSR count). The Morgan fingerprint density at radius 2 is 1.94 bits per heavy atom. The highest BCUT2D eigenvalue weighted by Crippen LogP contribution is 2.24. The summed E-state index contributed by atoms with van der Waals surface area (Å²) in [5.74, 6) is 0.745. The van der Waals surface area contributed by atoms with Gasteiger partial charge in [-0.2, -0.15) is 0 Å². The van der Waals surface area contributed by atoms with E-state index in [2.05, 4.69) is 18.7 Å². The van der Waals surface area contributed by atoms with Crippen LogP contribution in [0.2, 0.25) is 0 Å². The minimum absolute atomic E-state index is 0.0761. The molecular formula is C13H28N2O. The Labute approximate surface area is 100 Å². The minimum Gasteiger partial charge on any atom is -0.395 e. The van der Waals surface area contributed by atoms with Crippen LogP contribution >= 0.6 is 0 Å². The Balaban J connectivity index is 2.40. The van der Waals surface area contributed by atoms with Crippen molar-refractivity contribution in [3.05, 3.63) is 0 Å². The van der Waals surface area contributed by atoms with Crippen LogP contribution in [0.3, 0.4) is 0 Å². The maximum Gasteiger partial charge on any atom is 0.0595 e. The van der Waals surface area contributed by atoms with Gasteiger partial charge in [0, 0.05) is 18.6 Å². The van der Waals surface area contributed by atoms with Crippen LogP contribution in [0.25, 0.3) is 0 Å². The van der Waals surface area contributed by atoms with Crippen LogP contribution in [-0.4, -0.2) is 41.8 Å². The number of hydrogen-bond donors (Lipinski definition) is 2. The third-order valence-electron chi connectivity index (χ3n) is 3.54. The smallest absolute Gasteiger partial charge is 0.0595 e. The Morgan fingerprint density at radius 1 is 1.31 bits per heavy atom. The number of aliphatic hydroxyl groups is 1. The Bertz CT molecular complexity index is 179. The predicted octanol–water partition coefficient (Wildman–Crippen LogP) is 1.60. The van der Waals surface area contributed by atoms with Gasteiger partial charge in [-0.15, -0.1) is 0 Å². The van der Waals surface area contributed by atoms with Gasteiger partial charge < -0.3 is 10.8 Å². The van der Waals surface area contributed by atoms with Crippen LogP contribution in [-0.2, 0) is 0 Å². The third-order valence-corrected chi connectivity index (χ3v) is 3.54. The molecule has 16 heavy (non-hydrogen) atoms. The lowest BCUT2D eigenvalue weighted by molar-refractivity contribution is 0.153. The molecule has 1 saturated carbocycles. The number of aliphatic hydroxyl groups excluding tert-OH is 1. The van der Waals surface area contributed by atoms with Crippen LogP contribution in [0, 0.1) is 5.92 Å². The molecule has 96 valence electrons. The van der Waals surface area contributed by atoms with Gasteiger partial charge in [-0.1, -0.05) is 26.7 Å². The second-order valence-corrected chi connectivity index (χ2v) is 5.56. The molecule has 3 N–H and O–H groups in total. The van der Waals surface area contributed by atoms with Crippen LogP contribution < -0.4 is 5.73 Å². The average molecular weight is 228 g/mol. The second-order valence-electron chi connectivity index (χ2n) is 5.56. The first-order chi connectivity index (χ1) is 7.63. The summed E-state index contributed by atoms with van der Waals surface area (Å²) in [6.07, 6.45) is 6.58. The van der Waals surface area contributed by atoms with E-state index in [1.807, 2.05) is 0 Å². The number of hydrogen-bond acceptors (Lipinski definition) is 3. The van der Waals surface area contributed by atoms with Crippen molar-refractivity contribution in [3.63, 3.8) is 0 Å². The molecule has 1 atom stereocenters. The number of nitrogens with two attached hydrogens (primary N) is 1. The molecule has 0 aromatic heterocycles. The van der Waals surface area contributed by atoms with Crippen molar-refractivity contribution >= 4 is 0 Å². The fourth-order valence-electron chi connectivity index (χ4n) is 2.48. The van der Waals surface area contributed by atoms with Gasteiger partial charge in [-0.3, -0.25) is 4.90 Å². The summed E-state index contributed by atoms with van der Waals surface area (Å²) in [6.45, 7) is 6.62. The van der Waals surface area contributed by atoms with Gasteiger partial charge in [0.25, 0.3) is 0 Å². The van der Waals surface area contributed by atoms with Gasteiger partial charge in [-0.25, -0.2) is 0 Å². The fourth-order valence-corrected chi connectivity index (χ4v) is 2.48. The van der Waals surface area contributed by atoms with Crippen LogP contribution in [0.15, 0.2) is 0 Å². The summed E-state index contributed by atoms with van der Waals surface area (Å²) in [4.78, 5) is 2.51. The molecule has 0 aromatic rings. The van der Waals surface area contributed by atoms with Gasteiger partial charge >= 0.3 is 0 Å². The van der Waals surface area contributed by atoms with Crippen LogP contribution in [0.5, 0.6) is 0 Å². The van der Waals surface area contributed by atoms with Crippen molar-refractivity contribution < 1.29 is 5.11 Å². The molecule has 3 heteroatoms. The molecule has 0 aromatic carbocycles. The van der Waals surface area contributed by atoms with E-state index in [0.29, 0.717) is 0 Å². The molecule has 0 bridgehead atoms. The van der Waals surface area contributed by atoms with Crippen molar-refractivity contribution in [2.75, 3.05) is 19.7 Å². The number of rotatable bonds is 7. The maximum absolute atomic E-state index is 9.05. The van der Waals surface area contributed by atoms with E-state index < -0.39 is 0 Å². The van der Waals surface area contributed by atoms with Crippen molar-refractivity contribution in [1.82, 2.24) is 4.90 Å². The van der Waals surface area contributed by atoms with E-state index in [4.69, 9.17) is 10.8 Å². The average Bonchev–Trinajstić information content (AvgIpc) is 2.76. The second kappa shape index (κ2) is 7.25. The molecule has 1 aliphatic rings. The lowest BCUT2D eigenvalue weighted by atomic mass is 10.1. The minimum atomic E-state index is -0.0761. The van der Waals surface area contributed by atoms with Crippen molar-refractivity contribution in [3.8, 4) is 0 Å². The zero-order chi connectivity index (χ0) is 12.0. The van der Waals surface area contributed by atoms with Gasteiger partial charge in [0.15, 0.2) is 0 Å². The first-order valence-electron chi connectivity index (χ1n) is 6.74. The molecule has 1 fully saturated rings. The maximum atomic E-state index is 9.05. The first-order valence-corrected chi connectivity index (χ1v) is 6.74. The highest BCUT2D eigenvalue weighted by Gasteiger charge is 2.23. The molecule has 3 nitrogen and oxygen atoms in total. The summed E-state index contributed by atoms with van der Waals surface area (Å²) < 4.78 is 0. The summed E-state index contributed by atoms with van der Waals surface area (Å²) in [5.41, 5.74) is 5.86. The predicted molar refractivity (Wildman–Crippen MR) is 68.3 cm³/mol. The van der Waals surface area contributed by atoms with E-state index in [1.54, 1.807) is 0 Å². The Morgan fingerprint density at radius 3 is 2.44 bits per heavy atom. The zero-order valence-electron chi connectivity index (χ0n) is 10.9. The molecule has 0 spiro atoms.